The molecule has 1 saturated carbocycles. The molecule has 1 fully saturated rings. The van der Waals surface area contributed by atoms with Crippen LogP contribution in [0.4, 0.5) is 5.69 Å². The highest BCUT2D eigenvalue weighted by Gasteiger charge is 2.44. The van der Waals surface area contributed by atoms with Gasteiger partial charge in [-0.25, -0.2) is 13.1 Å². The highest BCUT2D eigenvalue weighted by atomic mass is 35.5. The summed E-state index contributed by atoms with van der Waals surface area (Å²) in [6.07, 6.45) is 9.06. The van der Waals surface area contributed by atoms with E-state index in [2.05, 4.69) is 32.0 Å². The Morgan fingerprint density at radius 3 is 2.81 bits per heavy atom. The zero-order chi connectivity index (χ0) is 32.8. The van der Waals surface area contributed by atoms with Crippen LogP contribution in [0.1, 0.15) is 78.2 Å². The molecular formula is C35H41ClN4O6S. The smallest absolute Gasteiger partial charge is 0.264 e. The molecule has 0 saturated heterocycles. The maximum absolute atomic E-state index is 13.7. The number of hydrogen-bond donors (Lipinski definition) is 2. The number of aromatic nitrogens is 2. The number of aliphatic hydroxyl groups excluding tert-OH is 1. The van der Waals surface area contributed by atoms with Gasteiger partial charge in [0.25, 0.3) is 5.91 Å². The Balaban J connectivity index is 1.24. The van der Waals surface area contributed by atoms with Crippen molar-refractivity contribution in [3.05, 3.63) is 82.0 Å². The van der Waals surface area contributed by atoms with Crippen LogP contribution in [0, 0.1) is 18.8 Å². The average Bonchev–Trinajstić information content (AvgIpc) is 3.37. The van der Waals surface area contributed by atoms with Gasteiger partial charge in [-0.05, 0) is 105 Å². The number of fused-ring (bicyclic) bond motifs is 4. The van der Waals surface area contributed by atoms with E-state index in [0.29, 0.717) is 43.6 Å². The van der Waals surface area contributed by atoms with Gasteiger partial charge in [-0.1, -0.05) is 29.8 Å². The Morgan fingerprint density at radius 2 is 2.02 bits per heavy atom. The van der Waals surface area contributed by atoms with Gasteiger partial charge in [-0.3, -0.25) is 4.79 Å². The van der Waals surface area contributed by atoms with Crippen LogP contribution >= 0.6 is 11.6 Å². The first-order chi connectivity index (χ1) is 22.6. The van der Waals surface area contributed by atoms with E-state index in [4.69, 9.17) is 20.8 Å². The van der Waals surface area contributed by atoms with Crippen LogP contribution in [-0.2, 0) is 28.3 Å². The molecule has 0 radical (unpaired) electrons. The van der Waals surface area contributed by atoms with Crippen LogP contribution in [0.15, 0.2) is 53.0 Å². The summed E-state index contributed by atoms with van der Waals surface area (Å²) in [6, 6.07) is 11.3. The molecule has 2 N–H and O–H groups in total. The zero-order valence-electron chi connectivity index (χ0n) is 26.5. The van der Waals surface area contributed by atoms with Crippen LogP contribution in [0.3, 0.4) is 0 Å². The molecular weight excluding hydrogens is 640 g/mol. The summed E-state index contributed by atoms with van der Waals surface area (Å²) in [5, 5.41) is 18.9. The standard InChI is InChI=1S/C35H41ClN4O6S/c1-22-37-38-33(46-22)15-11-27-6-2-3-7-31(41)28-12-8-25(28)19-40-20-35(16-4-5-23-17-26(36)10-13-29(23)35)21-45-32-14-9-24(18-30(32)40)34(42)39-47(27,43)44/h3,7,9-10,13-14,17-18,25,27-28,31,41H,2,4-6,8,11-12,15-16,19-21H2,1H3,(H,39,42)/b7-3-/t25-,27-,28+,31-,35-/m0/s1. The molecule has 1 spiro atoms. The third kappa shape index (κ3) is 6.54. The van der Waals surface area contributed by atoms with E-state index in [1.54, 1.807) is 25.1 Å². The number of ether oxygens (including phenoxy) is 1. The number of benzene rings is 2. The van der Waals surface area contributed by atoms with Crippen LogP contribution in [-0.4, -0.2) is 60.7 Å². The minimum absolute atomic E-state index is 0.0898. The van der Waals surface area contributed by atoms with Crippen molar-refractivity contribution in [1.29, 1.82) is 0 Å². The summed E-state index contributed by atoms with van der Waals surface area (Å²) in [5.41, 5.74) is 3.21. The molecule has 2 aliphatic carbocycles. The fraction of sp³-hybridized carbons (Fsp3) is 0.514. The number of allylic oxidation sites excluding steroid dienone is 1. The molecule has 10 nitrogen and oxygen atoms in total. The van der Waals surface area contributed by atoms with Crippen molar-refractivity contribution in [3.63, 3.8) is 0 Å². The van der Waals surface area contributed by atoms with Crippen molar-refractivity contribution in [2.75, 3.05) is 24.6 Å². The predicted octanol–water partition coefficient (Wildman–Crippen LogP) is 5.30. The molecule has 0 unspecified atom stereocenters. The van der Waals surface area contributed by atoms with Crippen molar-refractivity contribution in [2.24, 2.45) is 11.8 Å². The number of anilines is 1. The summed E-state index contributed by atoms with van der Waals surface area (Å²) in [4.78, 5) is 15.9. The summed E-state index contributed by atoms with van der Waals surface area (Å²) >= 11 is 6.41. The van der Waals surface area contributed by atoms with Crippen molar-refractivity contribution in [2.45, 2.75) is 81.5 Å². The van der Waals surface area contributed by atoms with E-state index in [1.807, 2.05) is 18.2 Å². The quantitative estimate of drug-likeness (QED) is 0.353. The first-order valence-electron chi connectivity index (χ1n) is 16.6. The second kappa shape index (κ2) is 12.9. The molecule has 5 atom stereocenters. The number of carbonyl (C=O) groups excluding carboxylic acids is 1. The highest BCUT2D eigenvalue weighted by molar-refractivity contribution is 7.90. The minimum atomic E-state index is -4.08. The number of sulfonamides is 1. The third-order valence-corrected chi connectivity index (χ3v) is 12.6. The molecule has 2 aliphatic heterocycles. The first kappa shape index (κ1) is 32.2. The fourth-order valence-corrected chi connectivity index (χ4v) is 9.53. The number of nitrogens with one attached hydrogen (secondary N) is 1. The van der Waals surface area contributed by atoms with Crippen LogP contribution in [0.5, 0.6) is 5.75 Å². The van der Waals surface area contributed by atoms with Gasteiger partial charge in [0.2, 0.25) is 21.8 Å². The third-order valence-electron chi connectivity index (χ3n) is 10.6. The van der Waals surface area contributed by atoms with Gasteiger partial charge in [-0.2, -0.15) is 0 Å². The van der Waals surface area contributed by atoms with Gasteiger partial charge in [0, 0.05) is 42.4 Å². The van der Waals surface area contributed by atoms with E-state index in [-0.39, 0.29) is 42.1 Å². The topological polar surface area (TPSA) is 135 Å². The lowest BCUT2D eigenvalue weighted by molar-refractivity contribution is 0.0456. The Labute approximate surface area is 280 Å². The van der Waals surface area contributed by atoms with Gasteiger partial charge in [-0.15, -0.1) is 10.2 Å². The second-order valence-electron chi connectivity index (χ2n) is 13.6. The number of halogens is 1. The minimum Gasteiger partial charge on any atom is -0.490 e. The van der Waals surface area contributed by atoms with Gasteiger partial charge < -0.3 is 19.2 Å². The molecule has 7 rings (SSSR count). The van der Waals surface area contributed by atoms with E-state index in [1.165, 1.54) is 11.1 Å². The zero-order valence-corrected chi connectivity index (χ0v) is 28.1. The molecule has 1 aromatic heterocycles. The molecule has 1 amide bonds. The molecule has 3 heterocycles. The van der Waals surface area contributed by atoms with Gasteiger partial charge >= 0.3 is 0 Å². The van der Waals surface area contributed by atoms with Crippen molar-refractivity contribution in [3.8, 4) is 5.75 Å². The molecule has 12 heteroatoms. The number of aryl methyl sites for hydroxylation is 3. The van der Waals surface area contributed by atoms with Gasteiger partial charge in [0.15, 0.2) is 0 Å². The summed E-state index contributed by atoms with van der Waals surface area (Å²) < 4.78 is 41.7. The van der Waals surface area contributed by atoms with E-state index < -0.39 is 27.3 Å². The SMILES string of the molecule is Cc1nnc(CC[C@@H]2CC/C=C\[C@H](O)[C@@H]3CC[C@H]3CN3C[C@@]4(CCCc5cc(Cl)ccc54)COc4ccc(cc43)C(=O)NS2(=O)=O)o1. The van der Waals surface area contributed by atoms with Gasteiger partial charge in [0.1, 0.15) is 5.75 Å². The molecule has 4 aliphatic rings. The summed E-state index contributed by atoms with van der Waals surface area (Å²) in [5.74, 6) is 1.08. The van der Waals surface area contributed by atoms with Crippen molar-refractivity contribution in [1.82, 2.24) is 14.9 Å². The van der Waals surface area contributed by atoms with E-state index >= 15 is 0 Å². The predicted molar refractivity (Wildman–Crippen MR) is 178 cm³/mol. The molecule has 3 aromatic rings. The number of carbonyl (C=O) groups is 1. The Kier molecular flexibility index (Phi) is 8.82. The number of hydrogen-bond acceptors (Lipinski definition) is 9. The lowest BCUT2D eigenvalue weighted by Gasteiger charge is -2.45. The maximum Gasteiger partial charge on any atom is 0.264 e. The van der Waals surface area contributed by atoms with Crippen molar-refractivity contribution >= 4 is 33.2 Å². The van der Waals surface area contributed by atoms with Crippen molar-refractivity contribution < 1.29 is 27.5 Å². The largest absolute Gasteiger partial charge is 0.490 e. The van der Waals surface area contributed by atoms with Crippen LogP contribution < -0.4 is 14.4 Å². The van der Waals surface area contributed by atoms with Gasteiger partial charge in [0.05, 0.1) is 23.6 Å². The lowest BCUT2D eigenvalue weighted by Crippen LogP contribution is -2.49. The van der Waals surface area contributed by atoms with E-state index in [9.17, 15) is 18.3 Å². The maximum atomic E-state index is 13.7. The monoisotopic (exact) mass is 680 g/mol. The first-order valence-corrected chi connectivity index (χ1v) is 18.5. The number of amides is 1. The average molecular weight is 681 g/mol. The van der Waals surface area contributed by atoms with Crippen LogP contribution in [0.25, 0.3) is 0 Å². The Bertz CT molecular complexity index is 1790. The normalized spacial score (nSPS) is 29.4. The Hall–Kier alpha value is -3.41. The summed E-state index contributed by atoms with van der Waals surface area (Å²) in [6.45, 7) is 3.52. The molecule has 2 aromatic carbocycles. The number of nitrogens with zero attached hydrogens (tertiary/aromatic N) is 3. The number of rotatable bonds is 3. The fourth-order valence-electron chi connectivity index (χ4n) is 7.92. The highest BCUT2D eigenvalue weighted by Crippen LogP contribution is 2.46. The molecule has 47 heavy (non-hydrogen) atoms. The molecule has 250 valence electrons. The van der Waals surface area contributed by atoms with E-state index in [0.717, 1.165) is 42.8 Å². The second-order valence-corrected chi connectivity index (χ2v) is 16.0. The Morgan fingerprint density at radius 1 is 1.15 bits per heavy atom. The lowest BCUT2D eigenvalue weighted by atomic mass is 9.68. The molecule has 2 bridgehead atoms. The number of aliphatic hydroxyl groups is 1. The summed E-state index contributed by atoms with van der Waals surface area (Å²) in [7, 11) is -4.08. The van der Waals surface area contributed by atoms with Crippen LogP contribution in [0.2, 0.25) is 5.02 Å².